The second-order valence-electron chi connectivity index (χ2n) is 5.19. The van der Waals surface area contributed by atoms with Gasteiger partial charge in [0.1, 0.15) is 5.52 Å². The van der Waals surface area contributed by atoms with Gasteiger partial charge in [0.05, 0.1) is 6.04 Å². The number of anilines is 1. The van der Waals surface area contributed by atoms with Crippen LogP contribution < -0.4 is 15.5 Å². The molecule has 1 aliphatic rings. The molecule has 112 valence electrons. The fraction of sp³-hybridized carbons (Fsp3) is 0.467. The molecule has 2 amide bonds. The molecule has 3 rings (SSSR count). The molecule has 1 aromatic carbocycles. The lowest BCUT2D eigenvalue weighted by molar-refractivity contribution is 0.240. The van der Waals surface area contributed by atoms with E-state index >= 15 is 0 Å². The molecular weight excluding hydrogens is 268 g/mol. The van der Waals surface area contributed by atoms with Crippen molar-refractivity contribution in [3.63, 3.8) is 0 Å². The van der Waals surface area contributed by atoms with E-state index in [2.05, 4.69) is 20.5 Å². The summed E-state index contributed by atoms with van der Waals surface area (Å²) in [5, 5.41) is 5.64. The van der Waals surface area contributed by atoms with Crippen molar-refractivity contribution in [1.29, 1.82) is 0 Å². The Morgan fingerprint density at radius 3 is 3.10 bits per heavy atom. The summed E-state index contributed by atoms with van der Waals surface area (Å²) in [5.74, 6) is 0. The minimum Gasteiger partial charge on any atom is -0.423 e. The maximum absolute atomic E-state index is 11.5. The van der Waals surface area contributed by atoms with Crippen molar-refractivity contribution in [2.24, 2.45) is 0 Å². The van der Waals surface area contributed by atoms with Crippen molar-refractivity contribution >= 4 is 23.1 Å². The van der Waals surface area contributed by atoms with Crippen LogP contribution in [0, 0.1) is 0 Å². The molecule has 6 heteroatoms. The maximum atomic E-state index is 11.5. The number of oxazole rings is 1. The number of carbonyl (C=O) groups is 1. The van der Waals surface area contributed by atoms with E-state index in [0.717, 1.165) is 30.5 Å². The third-order valence-corrected chi connectivity index (χ3v) is 3.74. The summed E-state index contributed by atoms with van der Waals surface area (Å²) < 4.78 is 5.82. The molecule has 0 saturated carbocycles. The van der Waals surface area contributed by atoms with Gasteiger partial charge in [-0.05, 0) is 31.9 Å². The van der Waals surface area contributed by atoms with Crippen LogP contribution in [-0.4, -0.2) is 36.7 Å². The molecule has 1 saturated heterocycles. The number of carbonyl (C=O) groups excluding carboxylic acids is 1. The van der Waals surface area contributed by atoms with Crippen LogP contribution in [0.15, 0.2) is 28.7 Å². The Morgan fingerprint density at radius 1 is 1.43 bits per heavy atom. The predicted octanol–water partition coefficient (Wildman–Crippen LogP) is 2.12. The van der Waals surface area contributed by atoms with Crippen molar-refractivity contribution in [1.82, 2.24) is 15.6 Å². The van der Waals surface area contributed by atoms with Gasteiger partial charge in [-0.3, -0.25) is 0 Å². The highest BCUT2D eigenvalue weighted by atomic mass is 16.4. The van der Waals surface area contributed by atoms with Gasteiger partial charge in [0.15, 0.2) is 5.58 Å². The lowest BCUT2D eigenvalue weighted by Crippen LogP contribution is -2.44. The van der Waals surface area contributed by atoms with E-state index in [0.29, 0.717) is 19.1 Å². The molecule has 2 heterocycles. The van der Waals surface area contributed by atoms with Crippen LogP contribution in [0.2, 0.25) is 0 Å². The Morgan fingerprint density at radius 2 is 2.29 bits per heavy atom. The van der Waals surface area contributed by atoms with Crippen molar-refractivity contribution < 1.29 is 9.21 Å². The van der Waals surface area contributed by atoms with Gasteiger partial charge in [0.2, 0.25) is 0 Å². The standard InChI is InChI=1S/C15H20N4O2/c1-2-16-14(20)17-10-11-6-5-9-19(11)15-18-12-7-3-4-8-13(12)21-15/h3-4,7-8,11H,2,5-6,9-10H2,1H3,(H2,16,17,20). The van der Waals surface area contributed by atoms with Gasteiger partial charge in [-0.15, -0.1) is 0 Å². The monoisotopic (exact) mass is 288 g/mol. The van der Waals surface area contributed by atoms with Crippen molar-refractivity contribution in [2.45, 2.75) is 25.8 Å². The topological polar surface area (TPSA) is 70.4 Å². The third-order valence-electron chi connectivity index (χ3n) is 3.74. The highest BCUT2D eigenvalue weighted by Gasteiger charge is 2.28. The number of nitrogens with one attached hydrogen (secondary N) is 2. The smallest absolute Gasteiger partial charge is 0.314 e. The van der Waals surface area contributed by atoms with Crippen LogP contribution in [0.1, 0.15) is 19.8 Å². The van der Waals surface area contributed by atoms with Crippen LogP contribution in [0.3, 0.4) is 0 Å². The number of hydrogen-bond acceptors (Lipinski definition) is 4. The first-order chi connectivity index (χ1) is 10.3. The summed E-state index contributed by atoms with van der Waals surface area (Å²) in [5.41, 5.74) is 1.67. The first kappa shape index (κ1) is 13.7. The molecule has 1 unspecified atom stereocenters. The molecule has 21 heavy (non-hydrogen) atoms. The van der Waals surface area contributed by atoms with Gasteiger partial charge >= 0.3 is 6.03 Å². The van der Waals surface area contributed by atoms with E-state index in [-0.39, 0.29) is 12.1 Å². The molecule has 1 aromatic heterocycles. The molecule has 1 fully saturated rings. The maximum Gasteiger partial charge on any atom is 0.314 e. The Hall–Kier alpha value is -2.24. The second-order valence-corrected chi connectivity index (χ2v) is 5.19. The Labute approximate surface area is 123 Å². The van der Waals surface area contributed by atoms with Crippen molar-refractivity contribution in [2.75, 3.05) is 24.5 Å². The molecular formula is C15H20N4O2. The molecule has 1 aliphatic heterocycles. The average molecular weight is 288 g/mol. The SMILES string of the molecule is CCNC(=O)NCC1CCCN1c1nc2ccccc2o1. The van der Waals surface area contributed by atoms with Crippen molar-refractivity contribution in [3.8, 4) is 0 Å². The van der Waals surface area contributed by atoms with Gasteiger partial charge in [-0.25, -0.2) is 4.79 Å². The fourth-order valence-electron chi connectivity index (χ4n) is 2.72. The Balaban J connectivity index is 1.70. The summed E-state index contributed by atoms with van der Waals surface area (Å²) >= 11 is 0. The van der Waals surface area contributed by atoms with Gasteiger partial charge < -0.3 is 20.0 Å². The summed E-state index contributed by atoms with van der Waals surface area (Å²) in [6, 6.07) is 8.52. The number of urea groups is 1. The zero-order chi connectivity index (χ0) is 14.7. The van der Waals surface area contributed by atoms with E-state index in [1.165, 1.54) is 0 Å². The molecule has 0 radical (unpaired) electrons. The summed E-state index contributed by atoms with van der Waals surface area (Å²) in [4.78, 5) is 18.2. The molecule has 0 aliphatic carbocycles. The molecule has 2 aromatic rings. The van der Waals surface area contributed by atoms with Crippen LogP contribution in [-0.2, 0) is 0 Å². The highest BCUT2D eigenvalue weighted by molar-refractivity contribution is 5.75. The number of para-hydroxylation sites is 2. The third kappa shape index (κ3) is 2.94. The minimum atomic E-state index is -0.123. The molecule has 6 nitrogen and oxygen atoms in total. The van der Waals surface area contributed by atoms with E-state index in [4.69, 9.17) is 4.42 Å². The number of nitrogens with zero attached hydrogens (tertiary/aromatic N) is 2. The molecule has 2 N–H and O–H groups in total. The zero-order valence-corrected chi connectivity index (χ0v) is 12.1. The van der Waals surface area contributed by atoms with Gasteiger partial charge in [-0.2, -0.15) is 4.98 Å². The van der Waals surface area contributed by atoms with E-state index in [9.17, 15) is 4.79 Å². The average Bonchev–Trinajstić information content (AvgIpc) is 3.11. The van der Waals surface area contributed by atoms with Crippen LogP contribution in [0.25, 0.3) is 11.1 Å². The quantitative estimate of drug-likeness (QED) is 0.904. The lowest BCUT2D eigenvalue weighted by atomic mass is 10.2. The van der Waals surface area contributed by atoms with Crippen LogP contribution in [0.5, 0.6) is 0 Å². The summed E-state index contributed by atoms with van der Waals surface area (Å²) in [6.45, 7) is 4.05. The molecule has 1 atom stereocenters. The number of hydrogen-bond donors (Lipinski definition) is 2. The van der Waals surface area contributed by atoms with E-state index < -0.39 is 0 Å². The van der Waals surface area contributed by atoms with Crippen LogP contribution >= 0.6 is 0 Å². The normalized spacial score (nSPS) is 18.1. The Bertz CT molecular complexity index is 592. The fourth-order valence-corrected chi connectivity index (χ4v) is 2.72. The van der Waals surface area contributed by atoms with Gasteiger partial charge in [-0.1, -0.05) is 12.1 Å². The number of rotatable bonds is 4. The van der Waals surface area contributed by atoms with Crippen LogP contribution in [0.4, 0.5) is 10.8 Å². The van der Waals surface area contributed by atoms with Crippen molar-refractivity contribution in [3.05, 3.63) is 24.3 Å². The zero-order valence-electron chi connectivity index (χ0n) is 12.1. The van der Waals surface area contributed by atoms with E-state index in [1.54, 1.807) is 0 Å². The second kappa shape index (κ2) is 6.03. The first-order valence-electron chi connectivity index (χ1n) is 7.42. The number of aromatic nitrogens is 1. The summed E-state index contributed by atoms with van der Waals surface area (Å²) in [6.07, 6.45) is 2.12. The van der Waals surface area contributed by atoms with Gasteiger partial charge in [0, 0.05) is 19.6 Å². The number of amides is 2. The Kier molecular flexibility index (Phi) is 3.94. The minimum absolute atomic E-state index is 0.123. The number of benzene rings is 1. The number of fused-ring (bicyclic) bond motifs is 1. The largest absolute Gasteiger partial charge is 0.423 e. The first-order valence-corrected chi connectivity index (χ1v) is 7.42. The molecule has 0 spiro atoms. The predicted molar refractivity (Wildman–Crippen MR) is 81.5 cm³/mol. The van der Waals surface area contributed by atoms with E-state index in [1.807, 2.05) is 31.2 Å². The van der Waals surface area contributed by atoms with Gasteiger partial charge in [0.25, 0.3) is 6.01 Å². The summed E-state index contributed by atoms with van der Waals surface area (Å²) in [7, 11) is 0. The molecule has 0 bridgehead atoms. The highest BCUT2D eigenvalue weighted by Crippen LogP contribution is 2.27. The lowest BCUT2D eigenvalue weighted by Gasteiger charge is -2.23.